The second-order valence-electron chi connectivity index (χ2n) is 5.28. The van der Waals surface area contributed by atoms with Gasteiger partial charge in [-0.3, -0.25) is 4.79 Å². The Balaban J connectivity index is 2.28. The van der Waals surface area contributed by atoms with Crippen LogP contribution in [0.3, 0.4) is 0 Å². The van der Waals surface area contributed by atoms with Crippen molar-refractivity contribution in [3.05, 3.63) is 0 Å². The van der Waals surface area contributed by atoms with E-state index in [0.29, 0.717) is 13.0 Å². The molecule has 0 bridgehead atoms. The van der Waals surface area contributed by atoms with Gasteiger partial charge < -0.3 is 14.8 Å². The van der Waals surface area contributed by atoms with Crippen LogP contribution in [0.15, 0.2) is 0 Å². The molecule has 1 saturated heterocycles. The maximum absolute atomic E-state index is 11.4. The summed E-state index contributed by atoms with van der Waals surface area (Å²) in [5.74, 6) is -0.191. The predicted octanol–water partition coefficient (Wildman–Crippen LogP) is 1.85. The standard InChI is InChI=1S/C12H21NO4/c1-5-8-6-9(16-10(8)14)7-13-11(15)17-12(2,3)4/h8-9H,5-7H2,1-4H3,(H,13,15). The van der Waals surface area contributed by atoms with Gasteiger partial charge in [-0.2, -0.15) is 0 Å². The van der Waals surface area contributed by atoms with Crippen molar-refractivity contribution >= 4 is 12.1 Å². The monoisotopic (exact) mass is 243 g/mol. The molecule has 5 nitrogen and oxygen atoms in total. The van der Waals surface area contributed by atoms with Gasteiger partial charge in [0.2, 0.25) is 0 Å². The summed E-state index contributed by atoms with van der Waals surface area (Å²) in [5, 5.41) is 2.61. The highest BCUT2D eigenvalue weighted by Crippen LogP contribution is 2.23. The molecule has 1 amide bonds. The Labute approximate surface area is 102 Å². The molecule has 1 fully saturated rings. The summed E-state index contributed by atoms with van der Waals surface area (Å²) < 4.78 is 10.2. The third-order valence-corrected chi connectivity index (χ3v) is 2.53. The molecule has 2 atom stereocenters. The van der Waals surface area contributed by atoms with Crippen molar-refractivity contribution in [3.63, 3.8) is 0 Å². The van der Waals surface area contributed by atoms with Gasteiger partial charge in [-0.05, 0) is 33.6 Å². The van der Waals surface area contributed by atoms with Crippen molar-refractivity contribution < 1.29 is 19.1 Å². The smallest absolute Gasteiger partial charge is 0.407 e. The minimum absolute atomic E-state index is 0.0274. The average Bonchev–Trinajstić information content (AvgIpc) is 2.53. The van der Waals surface area contributed by atoms with Crippen LogP contribution in [0, 0.1) is 5.92 Å². The molecule has 1 aliphatic rings. The molecule has 1 N–H and O–H groups in total. The minimum atomic E-state index is -0.512. The Morgan fingerprint density at radius 3 is 2.65 bits per heavy atom. The van der Waals surface area contributed by atoms with Gasteiger partial charge in [-0.25, -0.2) is 4.79 Å². The predicted molar refractivity (Wildman–Crippen MR) is 62.5 cm³/mol. The molecule has 0 radical (unpaired) electrons. The van der Waals surface area contributed by atoms with E-state index in [2.05, 4.69) is 5.32 Å². The Kier molecular flexibility index (Phi) is 4.37. The first kappa shape index (κ1) is 13.8. The number of carbonyl (C=O) groups excluding carboxylic acids is 2. The van der Waals surface area contributed by atoms with Crippen LogP contribution in [0.2, 0.25) is 0 Å². The number of cyclic esters (lactones) is 1. The summed E-state index contributed by atoms with van der Waals surface area (Å²) >= 11 is 0. The third kappa shape index (κ3) is 4.63. The molecule has 5 heteroatoms. The van der Waals surface area contributed by atoms with E-state index >= 15 is 0 Å². The molecule has 0 aliphatic carbocycles. The Hall–Kier alpha value is -1.26. The zero-order valence-electron chi connectivity index (χ0n) is 10.9. The summed E-state index contributed by atoms with van der Waals surface area (Å²) in [5.41, 5.74) is -0.512. The van der Waals surface area contributed by atoms with Crippen LogP contribution >= 0.6 is 0 Å². The van der Waals surface area contributed by atoms with Gasteiger partial charge in [0, 0.05) is 0 Å². The molecule has 0 aromatic carbocycles. The van der Waals surface area contributed by atoms with E-state index in [0.717, 1.165) is 6.42 Å². The van der Waals surface area contributed by atoms with Gasteiger partial charge in [0.1, 0.15) is 11.7 Å². The number of hydrogen-bond donors (Lipinski definition) is 1. The molecule has 1 heterocycles. The van der Waals surface area contributed by atoms with Crippen LogP contribution in [0.25, 0.3) is 0 Å². The van der Waals surface area contributed by atoms with Gasteiger partial charge >= 0.3 is 12.1 Å². The second kappa shape index (κ2) is 5.38. The summed E-state index contributed by atoms with van der Waals surface area (Å²) in [4.78, 5) is 22.7. The minimum Gasteiger partial charge on any atom is -0.460 e. The summed E-state index contributed by atoms with van der Waals surface area (Å²) in [7, 11) is 0. The zero-order valence-corrected chi connectivity index (χ0v) is 10.9. The second-order valence-corrected chi connectivity index (χ2v) is 5.28. The molecular weight excluding hydrogens is 222 g/mol. The molecule has 98 valence electrons. The van der Waals surface area contributed by atoms with Crippen LogP contribution in [0.5, 0.6) is 0 Å². The number of nitrogens with one attached hydrogen (secondary N) is 1. The van der Waals surface area contributed by atoms with Crippen molar-refractivity contribution in [1.82, 2.24) is 5.32 Å². The lowest BCUT2D eigenvalue weighted by atomic mass is 10.0. The Morgan fingerprint density at radius 2 is 2.18 bits per heavy atom. The number of amides is 1. The fraction of sp³-hybridized carbons (Fsp3) is 0.833. The molecule has 0 spiro atoms. The lowest BCUT2D eigenvalue weighted by Gasteiger charge is -2.20. The maximum atomic E-state index is 11.4. The van der Waals surface area contributed by atoms with Crippen LogP contribution in [0.4, 0.5) is 4.79 Å². The van der Waals surface area contributed by atoms with Crippen LogP contribution in [-0.2, 0) is 14.3 Å². The first-order valence-corrected chi connectivity index (χ1v) is 5.99. The van der Waals surface area contributed by atoms with Crippen molar-refractivity contribution in [2.45, 2.75) is 52.2 Å². The number of hydrogen-bond acceptors (Lipinski definition) is 4. The highest BCUT2D eigenvalue weighted by molar-refractivity contribution is 5.74. The van der Waals surface area contributed by atoms with Gasteiger partial charge in [0.05, 0.1) is 12.5 Å². The van der Waals surface area contributed by atoms with E-state index < -0.39 is 11.7 Å². The fourth-order valence-electron chi connectivity index (χ4n) is 1.69. The lowest BCUT2D eigenvalue weighted by Crippen LogP contribution is -2.36. The van der Waals surface area contributed by atoms with Crippen molar-refractivity contribution in [3.8, 4) is 0 Å². The van der Waals surface area contributed by atoms with Gasteiger partial charge in [-0.15, -0.1) is 0 Å². The third-order valence-electron chi connectivity index (χ3n) is 2.53. The first-order valence-electron chi connectivity index (χ1n) is 5.99. The molecule has 0 aromatic heterocycles. The summed E-state index contributed by atoms with van der Waals surface area (Å²) in [6.07, 6.45) is 0.751. The summed E-state index contributed by atoms with van der Waals surface area (Å²) in [6.45, 7) is 7.67. The normalized spacial score (nSPS) is 24.4. The number of alkyl carbamates (subject to hydrolysis) is 1. The molecule has 1 aliphatic heterocycles. The average molecular weight is 243 g/mol. The quantitative estimate of drug-likeness (QED) is 0.768. The zero-order chi connectivity index (χ0) is 13.1. The fourth-order valence-corrected chi connectivity index (χ4v) is 1.69. The number of ether oxygens (including phenoxy) is 2. The van der Waals surface area contributed by atoms with E-state index in [1.165, 1.54) is 0 Å². The molecule has 1 rings (SSSR count). The van der Waals surface area contributed by atoms with E-state index in [1.54, 1.807) is 20.8 Å². The topological polar surface area (TPSA) is 64.6 Å². The highest BCUT2D eigenvalue weighted by Gasteiger charge is 2.33. The molecular formula is C12H21NO4. The van der Waals surface area contributed by atoms with E-state index in [-0.39, 0.29) is 18.0 Å². The van der Waals surface area contributed by atoms with E-state index in [4.69, 9.17) is 9.47 Å². The molecule has 2 unspecified atom stereocenters. The van der Waals surface area contributed by atoms with Crippen LogP contribution < -0.4 is 5.32 Å². The van der Waals surface area contributed by atoms with Gasteiger partial charge in [0.25, 0.3) is 0 Å². The molecule has 0 aromatic rings. The largest absolute Gasteiger partial charge is 0.460 e. The maximum Gasteiger partial charge on any atom is 0.407 e. The molecule has 17 heavy (non-hydrogen) atoms. The van der Waals surface area contributed by atoms with E-state index in [9.17, 15) is 9.59 Å². The van der Waals surface area contributed by atoms with Crippen molar-refractivity contribution in [1.29, 1.82) is 0 Å². The number of esters is 1. The highest BCUT2D eigenvalue weighted by atomic mass is 16.6. The first-order chi connectivity index (χ1) is 7.81. The SMILES string of the molecule is CCC1CC(CNC(=O)OC(C)(C)C)OC1=O. The van der Waals surface area contributed by atoms with Gasteiger partial charge in [0.15, 0.2) is 0 Å². The van der Waals surface area contributed by atoms with Crippen LogP contribution in [0.1, 0.15) is 40.5 Å². The lowest BCUT2D eigenvalue weighted by molar-refractivity contribution is -0.144. The van der Waals surface area contributed by atoms with Crippen molar-refractivity contribution in [2.24, 2.45) is 5.92 Å². The van der Waals surface area contributed by atoms with E-state index in [1.807, 2.05) is 6.92 Å². The Morgan fingerprint density at radius 1 is 1.53 bits per heavy atom. The number of carbonyl (C=O) groups is 2. The number of rotatable bonds is 3. The summed E-state index contributed by atoms with van der Waals surface area (Å²) in [6, 6.07) is 0. The van der Waals surface area contributed by atoms with Crippen LogP contribution in [-0.4, -0.2) is 30.3 Å². The molecule has 0 saturated carbocycles. The Bertz CT molecular complexity index is 295. The van der Waals surface area contributed by atoms with Crippen molar-refractivity contribution in [2.75, 3.05) is 6.54 Å². The van der Waals surface area contributed by atoms with Gasteiger partial charge in [-0.1, -0.05) is 6.92 Å².